The minimum absolute atomic E-state index is 0. The van der Waals surface area contributed by atoms with Crippen LogP contribution in [0.25, 0.3) is 0 Å². The third-order valence-corrected chi connectivity index (χ3v) is 2.19. The molecule has 0 heterocycles. The lowest BCUT2D eigenvalue weighted by molar-refractivity contribution is 0.308. The molecular weight excluding hydrogens is 432 g/mol. The number of alkyl halides is 2. The van der Waals surface area contributed by atoms with Gasteiger partial charge in [0, 0.05) is 23.7 Å². The molecule has 13 heavy (non-hydrogen) atoms. The van der Waals surface area contributed by atoms with Crippen molar-refractivity contribution in [3.63, 3.8) is 0 Å². The van der Waals surface area contributed by atoms with Crippen LogP contribution in [0.15, 0.2) is 0 Å². The quantitative estimate of drug-likeness (QED) is 0.605. The normalized spacial score (nSPS) is 9.23. The molecule has 0 aliphatic rings. The zero-order valence-electron chi connectivity index (χ0n) is 7.55. The summed E-state index contributed by atoms with van der Waals surface area (Å²) in [5, 5.41) is 2.09. The first kappa shape index (κ1) is 20.3. The van der Waals surface area contributed by atoms with Gasteiger partial charge in [0.15, 0.2) is 0 Å². The van der Waals surface area contributed by atoms with Gasteiger partial charge in [-0.15, -0.1) is 34.0 Å². The van der Waals surface area contributed by atoms with E-state index < -0.39 is 0 Å². The van der Waals surface area contributed by atoms with Gasteiger partial charge in [0.05, 0.1) is 0 Å². The molecule has 0 unspecified atom stereocenters. The Balaban J connectivity index is -0.000000500. The average molecular weight is 450 g/mol. The molecule has 2 nitrogen and oxygen atoms in total. The SMILES string of the molecule is Br.Br.NCCCN(CCBr)CCBr. The summed E-state index contributed by atoms with van der Waals surface area (Å²) in [7, 11) is 0. The molecule has 6 heteroatoms. The highest BCUT2D eigenvalue weighted by molar-refractivity contribution is 9.09. The van der Waals surface area contributed by atoms with E-state index in [4.69, 9.17) is 5.73 Å². The number of hydrogen-bond donors (Lipinski definition) is 1. The maximum absolute atomic E-state index is 5.42. The Morgan fingerprint density at radius 2 is 1.38 bits per heavy atom. The summed E-state index contributed by atoms with van der Waals surface area (Å²) in [6, 6.07) is 0. The van der Waals surface area contributed by atoms with Crippen molar-refractivity contribution in [1.29, 1.82) is 0 Å². The summed E-state index contributed by atoms with van der Waals surface area (Å²) in [4.78, 5) is 2.40. The topological polar surface area (TPSA) is 29.3 Å². The maximum Gasteiger partial charge on any atom is 0.0159 e. The highest BCUT2D eigenvalue weighted by Crippen LogP contribution is 1.94. The second kappa shape index (κ2) is 16.3. The first-order valence-electron chi connectivity index (χ1n) is 3.89. The fraction of sp³-hybridized carbons (Fsp3) is 1.00. The molecule has 0 amide bonds. The van der Waals surface area contributed by atoms with Gasteiger partial charge in [-0.3, -0.25) is 0 Å². The molecule has 0 aromatic heterocycles. The second-order valence-electron chi connectivity index (χ2n) is 2.36. The molecule has 84 valence electrons. The van der Waals surface area contributed by atoms with E-state index in [1.807, 2.05) is 0 Å². The van der Waals surface area contributed by atoms with Crippen molar-refractivity contribution in [1.82, 2.24) is 4.90 Å². The third-order valence-electron chi connectivity index (χ3n) is 1.48. The van der Waals surface area contributed by atoms with Crippen molar-refractivity contribution in [3.05, 3.63) is 0 Å². The minimum Gasteiger partial charge on any atom is -0.330 e. The van der Waals surface area contributed by atoms with E-state index >= 15 is 0 Å². The van der Waals surface area contributed by atoms with Crippen LogP contribution in [0.3, 0.4) is 0 Å². The highest BCUT2D eigenvalue weighted by Gasteiger charge is 2.00. The first-order chi connectivity index (χ1) is 5.35. The summed E-state index contributed by atoms with van der Waals surface area (Å²) in [5.41, 5.74) is 5.42. The van der Waals surface area contributed by atoms with E-state index in [0.29, 0.717) is 0 Å². The molecule has 0 aromatic carbocycles. The molecule has 0 radical (unpaired) electrons. The molecule has 2 N–H and O–H groups in total. The maximum atomic E-state index is 5.42. The van der Waals surface area contributed by atoms with Gasteiger partial charge in [0.25, 0.3) is 0 Å². The Hall–Kier alpha value is 1.84. The van der Waals surface area contributed by atoms with Crippen LogP contribution < -0.4 is 5.73 Å². The lowest BCUT2D eigenvalue weighted by atomic mass is 10.4. The summed E-state index contributed by atoms with van der Waals surface area (Å²) in [6.07, 6.45) is 1.10. The fourth-order valence-corrected chi connectivity index (χ4v) is 1.89. The number of hydrogen-bond acceptors (Lipinski definition) is 2. The first-order valence-corrected chi connectivity index (χ1v) is 6.13. The van der Waals surface area contributed by atoms with Crippen molar-refractivity contribution < 1.29 is 0 Å². The van der Waals surface area contributed by atoms with Gasteiger partial charge >= 0.3 is 0 Å². The van der Waals surface area contributed by atoms with Crippen molar-refractivity contribution in [2.45, 2.75) is 6.42 Å². The average Bonchev–Trinajstić information content (AvgIpc) is 2.01. The Bertz CT molecular complexity index is 78.9. The minimum atomic E-state index is 0. The van der Waals surface area contributed by atoms with Crippen LogP contribution in [-0.4, -0.2) is 41.7 Å². The summed E-state index contributed by atoms with van der Waals surface area (Å²) in [6.45, 7) is 4.14. The predicted octanol–water partition coefficient (Wildman–Crippen LogP) is 2.58. The van der Waals surface area contributed by atoms with E-state index in [0.717, 1.165) is 43.3 Å². The van der Waals surface area contributed by atoms with Gasteiger partial charge in [-0.05, 0) is 19.5 Å². The monoisotopic (exact) mass is 446 g/mol. The smallest absolute Gasteiger partial charge is 0.0159 e. The van der Waals surface area contributed by atoms with E-state index in [2.05, 4.69) is 36.8 Å². The van der Waals surface area contributed by atoms with E-state index in [9.17, 15) is 0 Å². The molecule has 0 aliphatic carbocycles. The largest absolute Gasteiger partial charge is 0.330 e. The molecule has 0 aliphatic heterocycles. The van der Waals surface area contributed by atoms with Crippen LogP contribution >= 0.6 is 65.8 Å². The Kier molecular flexibility index (Phi) is 25.4. The Morgan fingerprint density at radius 3 is 1.69 bits per heavy atom. The van der Waals surface area contributed by atoms with Crippen molar-refractivity contribution in [2.24, 2.45) is 5.73 Å². The second-order valence-corrected chi connectivity index (χ2v) is 3.95. The van der Waals surface area contributed by atoms with Gasteiger partial charge in [0.1, 0.15) is 0 Å². The van der Waals surface area contributed by atoms with Crippen LogP contribution in [0.5, 0.6) is 0 Å². The van der Waals surface area contributed by atoms with E-state index in [-0.39, 0.29) is 34.0 Å². The molecule has 0 saturated carbocycles. The zero-order valence-corrected chi connectivity index (χ0v) is 14.1. The van der Waals surface area contributed by atoms with Crippen LogP contribution in [-0.2, 0) is 0 Å². The number of nitrogens with two attached hydrogens (primary N) is 1. The van der Waals surface area contributed by atoms with Gasteiger partial charge in [-0.25, -0.2) is 0 Å². The van der Waals surface area contributed by atoms with Gasteiger partial charge in [0.2, 0.25) is 0 Å². The molecule has 0 fully saturated rings. The van der Waals surface area contributed by atoms with Crippen LogP contribution in [0.1, 0.15) is 6.42 Å². The van der Waals surface area contributed by atoms with Crippen molar-refractivity contribution >= 4 is 65.8 Å². The highest BCUT2D eigenvalue weighted by atomic mass is 79.9. The summed E-state index contributed by atoms with van der Waals surface area (Å²) < 4.78 is 0. The Morgan fingerprint density at radius 1 is 0.923 bits per heavy atom. The van der Waals surface area contributed by atoms with Crippen LogP contribution in [0, 0.1) is 0 Å². The van der Waals surface area contributed by atoms with Crippen molar-refractivity contribution in [2.75, 3.05) is 36.8 Å². The van der Waals surface area contributed by atoms with Gasteiger partial charge in [-0.2, -0.15) is 0 Å². The zero-order chi connectivity index (χ0) is 8.53. The lowest BCUT2D eigenvalue weighted by Crippen LogP contribution is -2.29. The number of nitrogens with zero attached hydrogens (tertiary/aromatic N) is 1. The molecule has 0 spiro atoms. The van der Waals surface area contributed by atoms with Crippen LogP contribution in [0.4, 0.5) is 0 Å². The third kappa shape index (κ3) is 13.8. The van der Waals surface area contributed by atoms with Crippen LogP contribution in [0.2, 0.25) is 0 Å². The molecular formula is C7H18Br4N2. The lowest BCUT2D eigenvalue weighted by Gasteiger charge is -2.19. The fourth-order valence-electron chi connectivity index (χ4n) is 0.889. The van der Waals surface area contributed by atoms with E-state index in [1.54, 1.807) is 0 Å². The van der Waals surface area contributed by atoms with E-state index in [1.165, 1.54) is 0 Å². The summed E-state index contributed by atoms with van der Waals surface area (Å²) in [5.74, 6) is 0. The number of halogens is 4. The molecule has 0 rings (SSSR count). The molecule has 0 saturated heterocycles. The van der Waals surface area contributed by atoms with Gasteiger partial charge in [-0.1, -0.05) is 31.9 Å². The Labute approximate surface area is 119 Å². The molecule has 0 aromatic rings. The van der Waals surface area contributed by atoms with Crippen molar-refractivity contribution in [3.8, 4) is 0 Å². The summed E-state index contributed by atoms with van der Waals surface area (Å²) >= 11 is 6.85. The number of rotatable bonds is 7. The predicted molar refractivity (Wildman–Crippen MR) is 78.3 cm³/mol. The molecule has 0 bridgehead atoms. The standard InChI is InChI=1S/C7H16Br2N2.2BrH/c8-2-6-11(7-3-9)5-1-4-10;;/h1-7,10H2;2*1H. The molecule has 0 atom stereocenters. The van der Waals surface area contributed by atoms with Gasteiger partial charge < -0.3 is 10.6 Å².